The maximum absolute atomic E-state index is 12.3. The van der Waals surface area contributed by atoms with Crippen LogP contribution in [0.2, 0.25) is 0 Å². The lowest BCUT2D eigenvalue weighted by atomic mass is 10.3. The average molecular weight is 375 g/mol. The van der Waals surface area contributed by atoms with Crippen LogP contribution in [0.25, 0.3) is 5.69 Å². The number of nitrogens with one attached hydrogen (secondary N) is 1. The largest absolute Gasteiger partial charge is 0.497 e. The number of rotatable bonds is 5. The Morgan fingerprint density at radius 1 is 1.24 bits per heavy atom. The molecule has 0 aliphatic heterocycles. The first-order valence-electron chi connectivity index (χ1n) is 7.04. The van der Waals surface area contributed by atoms with Crippen LogP contribution in [0.15, 0.2) is 45.7 Å². The van der Waals surface area contributed by atoms with Gasteiger partial charge in [-0.2, -0.15) is 5.10 Å². The van der Waals surface area contributed by atoms with Crippen molar-refractivity contribution in [2.24, 2.45) is 0 Å². The van der Waals surface area contributed by atoms with E-state index in [1.165, 1.54) is 40.0 Å². The number of nitrogens with zero attached hydrogens (tertiary/aromatic N) is 4. The zero-order valence-corrected chi connectivity index (χ0v) is 14.9. The lowest BCUT2D eigenvalue weighted by Crippen LogP contribution is -2.25. The normalized spacial score (nSPS) is 10.5. The van der Waals surface area contributed by atoms with Crippen molar-refractivity contribution >= 4 is 34.1 Å². The molecule has 10 heteroatoms. The zero-order valence-electron chi connectivity index (χ0n) is 13.3. The second kappa shape index (κ2) is 7.45. The smallest absolute Gasteiger partial charge is 0.282 e. The number of carbonyl (C=O) groups excluding carboxylic acids is 1. The minimum atomic E-state index is -0.628. The third-order valence-corrected chi connectivity index (χ3v) is 4.98. The van der Waals surface area contributed by atoms with Gasteiger partial charge in [-0.3, -0.25) is 14.9 Å². The highest BCUT2D eigenvalue weighted by Gasteiger charge is 2.16. The van der Waals surface area contributed by atoms with E-state index < -0.39 is 11.3 Å². The minimum absolute atomic E-state index is 0.223. The Labute approximate surface area is 150 Å². The molecule has 3 aromatic rings. The first-order chi connectivity index (χ1) is 12.1. The zero-order chi connectivity index (χ0) is 17.8. The maximum atomic E-state index is 12.3. The first kappa shape index (κ1) is 17.1. The molecule has 2 aromatic heterocycles. The molecule has 128 valence electrons. The van der Waals surface area contributed by atoms with Crippen molar-refractivity contribution in [3.8, 4) is 11.4 Å². The molecule has 0 spiro atoms. The molecule has 1 amide bonds. The number of amides is 1. The second-order valence-electron chi connectivity index (χ2n) is 4.70. The van der Waals surface area contributed by atoms with E-state index in [9.17, 15) is 9.59 Å². The summed E-state index contributed by atoms with van der Waals surface area (Å²) in [6.07, 6.45) is 3.36. The van der Waals surface area contributed by atoms with Crippen molar-refractivity contribution in [2.45, 2.75) is 4.34 Å². The van der Waals surface area contributed by atoms with Gasteiger partial charge in [-0.15, -0.1) is 10.2 Å². The quantitative estimate of drug-likeness (QED) is 0.538. The van der Waals surface area contributed by atoms with Gasteiger partial charge in [-0.05, 0) is 30.5 Å². The van der Waals surface area contributed by atoms with Crippen molar-refractivity contribution < 1.29 is 9.53 Å². The Balaban J connectivity index is 1.87. The summed E-state index contributed by atoms with van der Waals surface area (Å²) in [5.74, 6) is 0.0697. The molecule has 1 N–H and O–H groups in total. The fourth-order valence-electron chi connectivity index (χ4n) is 1.94. The van der Waals surface area contributed by atoms with Crippen molar-refractivity contribution in [1.82, 2.24) is 20.0 Å². The lowest BCUT2D eigenvalue weighted by Gasteiger charge is -2.08. The first-order valence-corrected chi connectivity index (χ1v) is 9.08. The van der Waals surface area contributed by atoms with Gasteiger partial charge in [0.1, 0.15) is 5.75 Å². The summed E-state index contributed by atoms with van der Waals surface area (Å²) in [5.41, 5.74) is -0.00785. The van der Waals surface area contributed by atoms with Crippen LogP contribution in [-0.4, -0.2) is 39.3 Å². The highest BCUT2D eigenvalue weighted by atomic mass is 32.2. The molecule has 0 aliphatic rings. The third-order valence-electron chi connectivity index (χ3n) is 3.16. The SMILES string of the molecule is COc1ccc(-n2ccc(=O)c(C(=O)Nc3nnc(SC)s3)n2)cc1. The molecule has 2 heterocycles. The summed E-state index contributed by atoms with van der Waals surface area (Å²) in [6, 6.07) is 8.36. The fourth-order valence-corrected chi connectivity index (χ4v) is 3.11. The molecule has 0 aliphatic carbocycles. The van der Waals surface area contributed by atoms with Gasteiger partial charge >= 0.3 is 0 Å². The molecule has 0 fully saturated rings. The van der Waals surface area contributed by atoms with Gasteiger partial charge in [0.25, 0.3) is 5.91 Å². The predicted octanol–water partition coefficient (Wildman–Crippen LogP) is 2.07. The molecular weight excluding hydrogens is 362 g/mol. The van der Waals surface area contributed by atoms with Crippen LogP contribution in [0.4, 0.5) is 5.13 Å². The molecule has 0 bridgehead atoms. The van der Waals surface area contributed by atoms with E-state index in [0.29, 0.717) is 20.9 Å². The number of methoxy groups -OCH3 is 1. The third kappa shape index (κ3) is 3.86. The van der Waals surface area contributed by atoms with E-state index in [1.807, 2.05) is 6.26 Å². The van der Waals surface area contributed by atoms with Crippen molar-refractivity contribution in [2.75, 3.05) is 18.7 Å². The van der Waals surface area contributed by atoms with Crippen LogP contribution in [0.1, 0.15) is 10.5 Å². The molecule has 25 heavy (non-hydrogen) atoms. The van der Waals surface area contributed by atoms with E-state index in [0.717, 1.165) is 0 Å². The van der Waals surface area contributed by atoms with Gasteiger partial charge in [-0.1, -0.05) is 23.1 Å². The van der Waals surface area contributed by atoms with E-state index in [-0.39, 0.29) is 5.69 Å². The average Bonchev–Trinajstić information content (AvgIpc) is 3.09. The summed E-state index contributed by atoms with van der Waals surface area (Å²) in [6.45, 7) is 0. The lowest BCUT2D eigenvalue weighted by molar-refractivity contribution is 0.101. The number of anilines is 1. The molecule has 0 atom stereocenters. The van der Waals surface area contributed by atoms with Gasteiger partial charge in [0.15, 0.2) is 10.0 Å². The summed E-state index contributed by atoms with van der Waals surface area (Å²) < 4.78 is 7.27. The predicted molar refractivity (Wildman–Crippen MR) is 96.0 cm³/mol. The van der Waals surface area contributed by atoms with E-state index >= 15 is 0 Å². The Kier molecular flexibility index (Phi) is 5.10. The highest BCUT2D eigenvalue weighted by Crippen LogP contribution is 2.23. The molecular formula is C15H13N5O3S2. The number of benzene rings is 1. The fraction of sp³-hybridized carbons (Fsp3) is 0.133. The van der Waals surface area contributed by atoms with Crippen molar-refractivity contribution in [1.29, 1.82) is 0 Å². The molecule has 0 unspecified atom stereocenters. The van der Waals surface area contributed by atoms with Gasteiger partial charge < -0.3 is 4.74 Å². The summed E-state index contributed by atoms with van der Waals surface area (Å²) >= 11 is 2.64. The maximum Gasteiger partial charge on any atom is 0.282 e. The minimum Gasteiger partial charge on any atom is -0.497 e. The Morgan fingerprint density at radius 3 is 2.64 bits per heavy atom. The van der Waals surface area contributed by atoms with Crippen LogP contribution >= 0.6 is 23.1 Å². The summed E-state index contributed by atoms with van der Waals surface area (Å²) in [5, 5.41) is 14.7. The molecule has 1 aromatic carbocycles. The van der Waals surface area contributed by atoms with Gasteiger partial charge in [0, 0.05) is 12.3 Å². The molecule has 8 nitrogen and oxygen atoms in total. The molecule has 0 saturated carbocycles. The number of thioether (sulfide) groups is 1. The number of hydrogen-bond acceptors (Lipinski definition) is 8. The molecule has 0 radical (unpaired) electrons. The van der Waals surface area contributed by atoms with Gasteiger partial charge in [0.2, 0.25) is 10.6 Å². The Hall–Kier alpha value is -2.72. The monoisotopic (exact) mass is 375 g/mol. The number of carbonyl (C=O) groups is 1. The number of aromatic nitrogens is 4. The van der Waals surface area contributed by atoms with Crippen LogP contribution in [0.5, 0.6) is 5.75 Å². The summed E-state index contributed by atoms with van der Waals surface area (Å²) in [7, 11) is 1.57. The molecule has 0 saturated heterocycles. The summed E-state index contributed by atoms with van der Waals surface area (Å²) in [4.78, 5) is 24.3. The van der Waals surface area contributed by atoms with Gasteiger partial charge in [0.05, 0.1) is 12.8 Å². The Bertz CT molecular complexity index is 952. The van der Waals surface area contributed by atoms with E-state index in [4.69, 9.17) is 4.74 Å². The van der Waals surface area contributed by atoms with Crippen LogP contribution < -0.4 is 15.5 Å². The van der Waals surface area contributed by atoms with Crippen LogP contribution in [-0.2, 0) is 0 Å². The van der Waals surface area contributed by atoms with Gasteiger partial charge in [-0.25, -0.2) is 4.68 Å². The highest BCUT2D eigenvalue weighted by molar-refractivity contribution is 8.00. The van der Waals surface area contributed by atoms with Crippen LogP contribution in [0.3, 0.4) is 0 Å². The Morgan fingerprint density at radius 2 is 2.00 bits per heavy atom. The molecule has 3 rings (SSSR count). The second-order valence-corrected chi connectivity index (χ2v) is 6.73. The van der Waals surface area contributed by atoms with E-state index in [2.05, 4.69) is 20.6 Å². The van der Waals surface area contributed by atoms with Crippen LogP contribution in [0, 0.1) is 0 Å². The number of hydrogen-bond donors (Lipinski definition) is 1. The van der Waals surface area contributed by atoms with E-state index in [1.54, 1.807) is 31.4 Å². The number of ether oxygens (including phenoxy) is 1. The van der Waals surface area contributed by atoms with Crippen molar-refractivity contribution in [3.63, 3.8) is 0 Å². The van der Waals surface area contributed by atoms with Crippen molar-refractivity contribution in [3.05, 3.63) is 52.4 Å². The standard InChI is InChI=1S/C15H13N5O3S2/c1-23-10-5-3-9(4-6-10)20-8-7-11(21)12(19-20)13(22)16-14-17-18-15(24-2)25-14/h3-8H,1-2H3,(H,16,17,22). The topological polar surface area (TPSA) is 99.0 Å².